The summed E-state index contributed by atoms with van der Waals surface area (Å²) >= 11 is 0. The Morgan fingerprint density at radius 1 is 1.21 bits per heavy atom. The van der Waals surface area contributed by atoms with Crippen LogP contribution in [0.25, 0.3) is 0 Å². The molecule has 0 aliphatic rings. The number of benzene rings is 1. The third-order valence-electron chi connectivity index (χ3n) is 3.39. The molecule has 0 radical (unpaired) electrons. The van der Waals surface area contributed by atoms with Gasteiger partial charge in [0.2, 0.25) is 0 Å². The maximum Gasteiger partial charge on any atom is 0.254 e. The van der Waals surface area contributed by atoms with Gasteiger partial charge < -0.3 is 9.64 Å². The van der Waals surface area contributed by atoms with Crippen LogP contribution in [-0.4, -0.2) is 31.0 Å². The smallest absolute Gasteiger partial charge is 0.254 e. The molecule has 3 heteroatoms. The second-order valence-electron chi connectivity index (χ2n) is 4.60. The van der Waals surface area contributed by atoms with Crippen molar-refractivity contribution in [3.05, 3.63) is 29.3 Å². The molecule has 0 aliphatic heterocycles. The fourth-order valence-electron chi connectivity index (χ4n) is 2.16. The standard InChI is InChI=1S/C16H25NO2/c1-5-8-9-13-12-14(19-4)10-11-15(13)16(18)17(6-2)7-3/h10-12H,5-9H2,1-4H3. The summed E-state index contributed by atoms with van der Waals surface area (Å²) in [5.41, 5.74) is 1.91. The molecule has 19 heavy (non-hydrogen) atoms. The number of carbonyl (C=O) groups excluding carboxylic acids is 1. The van der Waals surface area contributed by atoms with E-state index in [2.05, 4.69) is 6.92 Å². The van der Waals surface area contributed by atoms with Crippen LogP contribution in [0.2, 0.25) is 0 Å². The van der Waals surface area contributed by atoms with Crippen molar-refractivity contribution in [1.29, 1.82) is 0 Å². The SMILES string of the molecule is CCCCc1cc(OC)ccc1C(=O)N(CC)CC. The number of methoxy groups -OCH3 is 1. The molecule has 0 spiro atoms. The fourth-order valence-corrected chi connectivity index (χ4v) is 2.16. The summed E-state index contributed by atoms with van der Waals surface area (Å²) in [6, 6.07) is 5.75. The van der Waals surface area contributed by atoms with Gasteiger partial charge in [0, 0.05) is 18.7 Å². The van der Waals surface area contributed by atoms with E-state index in [1.165, 1.54) is 0 Å². The van der Waals surface area contributed by atoms with Crippen molar-refractivity contribution >= 4 is 5.91 Å². The molecule has 0 unspecified atom stereocenters. The lowest BCUT2D eigenvalue weighted by molar-refractivity contribution is 0.0772. The van der Waals surface area contributed by atoms with Crippen molar-refractivity contribution in [1.82, 2.24) is 4.90 Å². The van der Waals surface area contributed by atoms with E-state index in [-0.39, 0.29) is 5.91 Å². The van der Waals surface area contributed by atoms with Crippen LogP contribution < -0.4 is 4.74 Å². The Balaban J connectivity index is 3.06. The summed E-state index contributed by atoms with van der Waals surface area (Å²) in [5.74, 6) is 0.945. The van der Waals surface area contributed by atoms with Gasteiger partial charge in [0.05, 0.1) is 7.11 Å². The predicted molar refractivity (Wildman–Crippen MR) is 78.9 cm³/mol. The minimum absolute atomic E-state index is 0.124. The molecule has 0 atom stereocenters. The van der Waals surface area contributed by atoms with Gasteiger partial charge in [-0.3, -0.25) is 4.79 Å². The number of carbonyl (C=O) groups is 1. The van der Waals surface area contributed by atoms with Gasteiger partial charge in [0.25, 0.3) is 5.91 Å². The van der Waals surface area contributed by atoms with Gasteiger partial charge in [-0.05, 0) is 50.5 Å². The minimum atomic E-state index is 0.124. The molecule has 3 nitrogen and oxygen atoms in total. The summed E-state index contributed by atoms with van der Waals surface area (Å²) in [5, 5.41) is 0. The molecule has 106 valence electrons. The van der Waals surface area contributed by atoms with Gasteiger partial charge in [0.1, 0.15) is 5.75 Å². The van der Waals surface area contributed by atoms with Crippen molar-refractivity contribution in [2.75, 3.05) is 20.2 Å². The van der Waals surface area contributed by atoms with Gasteiger partial charge >= 0.3 is 0 Å². The van der Waals surface area contributed by atoms with Crippen LogP contribution in [0.5, 0.6) is 5.75 Å². The van der Waals surface area contributed by atoms with Crippen LogP contribution in [-0.2, 0) is 6.42 Å². The molecule has 0 heterocycles. The fraction of sp³-hybridized carbons (Fsp3) is 0.562. The Morgan fingerprint density at radius 3 is 2.42 bits per heavy atom. The number of hydrogen-bond donors (Lipinski definition) is 0. The Kier molecular flexibility index (Phi) is 6.40. The highest BCUT2D eigenvalue weighted by Gasteiger charge is 2.16. The van der Waals surface area contributed by atoms with Gasteiger partial charge in [0.15, 0.2) is 0 Å². The number of aryl methyl sites for hydroxylation is 1. The molecule has 1 aromatic carbocycles. The van der Waals surface area contributed by atoms with Crippen LogP contribution in [0.4, 0.5) is 0 Å². The number of hydrogen-bond acceptors (Lipinski definition) is 2. The molecule has 0 bridgehead atoms. The number of rotatable bonds is 7. The molecule has 1 rings (SSSR count). The first-order valence-corrected chi connectivity index (χ1v) is 7.14. The van der Waals surface area contributed by atoms with Crippen molar-refractivity contribution in [2.45, 2.75) is 40.0 Å². The predicted octanol–water partition coefficient (Wildman–Crippen LogP) is 3.52. The van der Waals surface area contributed by atoms with E-state index in [1.807, 2.05) is 36.9 Å². The third-order valence-corrected chi connectivity index (χ3v) is 3.39. The zero-order valence-electron chi connectivity index (χ0n) is 12.5. The largest absolute Gasteiger partial charge is 0.497 e. The Bertz CT molecular complexity index is 411. The topological polar surface area (TPSA) is 29.5 Å². The van der Waals surface area contributed by atoms with Crippen molar-refractivity contribution in [3.63, 3.8) is 0 Å². The second-order valence-corrected chi connectivity index (χ2v) is 4.60. The normalized spacial score (nSPS) is 10.3. The Hall–Kier alpha value is -1.51. The number of amides is 1. The molecule has 0 aliphatic carbocycles. The minimum Gasteiger partial charge on any atom is -0.497 e. The summed E-state index contributed by atoms with van der Waals surface area (Å²) in [6.45, 7) is 7.67. The first-order valence-electron chi connectivity index (χ1n) is 7.14. The van der Waals surface area contributed by atoms with Crippen LogP contribution in [0.1, 0.15) is 49.5 Å². The molecule has 0 saturated carbocycles. The molecule has 0 N–H and O–H groups in total. The average molecular weight is 263 g/mol. The van der Waals surface area contributed by atoms with Crippen molar-refractivity contribution in [3.8, 4) is 5.75 Å². The van der Waals surface area contributed by atoms with E-state index in [0.717, 1.165) is 49.2 Å². The first-order chi connectivity index (χ1) is 9.17. The number of nitrogens with zero attached hydrogens (tertiary/aromatic N) is 1. The van der Waals surface area contributed by atoms with E-state index in [4.69, 9.17) is 4.74 Å². The summed E-state index contributed by atoms with van der Waals surface area (Å²) in [7, 11) is 1.66. The monoisotopic (exact) mass is 263 g/mol. The maximum atomic E-state index is 12.5. The number of unbranched alkanes of at least 4 members (excludes halogenated alkanes) is 1. The molecule has 1 aromatic rings. The quantitative estimate of drug-likeness (QED) is 0.753. The van der Waals surface area contributed by atoms with Gasteiger partial charge in [-0.2, -0.15) is 0 Å². The molecular formula is C16H25NO2. The first kappa shape index (κ1) is 15.5. The summed E-state index contributed by atoms with van der Waals surface area (Å²) in [6.07, 6.45) is 3.14. The second kappa shape index (κ2) is 7.82. The van der Waals surface area contributed by atoms with Crippen LogP contribution in [0, 0.1) is 0 Å². The van der Waals surface area contributed by atoms with Gasteiger partial charge in [-0.25, -0.2) is 0 Å². The lowest BCUT2D eigenvalue weighted by atomic mass is 10.0. The van der Waals surface area contributed by atoms with Crippen LogP contribution >= 0.6 is 0 Å². The molecule has 1 amide bonds. The highest BCUT2D eigenvalue weighted by atomic mass is 16.5. The van der Waals surface area contributed by atoms with Crippen LogP contribution in [0.15, 0.2) is 18.2 Å². The Labute approximate surface area is 116 Å². The highest BCUT2D eigenvalue weighted by Crippen LogP contribution is 2.21. The highest BCUT2D eigenvalue weighted by molar-refractivity contribution is 5.95. The molecular weight excluding hydrogens is 238 g/mol. The van der Waals surface area contributed by atoms with E-state index in [0.29, 0.717) is 0 Å². The zero-order chi connectivity index (χ0) is 14.3. The van der Waals surface area contributed by atoms with E-state index in [9.17, 15) is 4.79 Å². The van der Waals surface area contributed by atoms with E-state index in [1.54, 1.807) is 7.11 Å². The summed E-state index contributed by atoms with van der Waals surface area (Å²) in [4.78, 5) is 14.3. The van der Waals surface area contributed by atoms with Crippen molar-refractivity contribution in [2.24, 2.45) is 0 Å². The lowest BCUT2D eigenvalue weighted by Crippen LogP contribution is -2.31. The van der Waals surface area contributed by atoms with Crippen molar-refractivity contribution < 1.29 is 9.53 Å². The molecule has 0 saturated heterocycles. The van der Waals surface area contributed by atoms with Gasteiger partial charge in [-0.15, -0.1) is 0 Å². The maximum absolute atomic E-state index is 12.5. The lowest BCUT2D eigenvalue weighted by Gasteiger charge is -2.20. The third kappa shape index (κ3) is 3.98. The Morgan fingerprint density at radius 2 is 1.89 bits per heavy atom. The van der Waals surface area contributed by atoms with E-state index >= 15 is 0 Å². The average Bonchev–Trinajstić information content (AvgIpc) is 2.45. The number of ether oxygens (including phenoxy) is 1. The summed E-state index contributed by atoms with van der Waals surface area (Å²) < 4.78 is 5.26. The van der Waals surface area contributed by atoms with Gasteiger partial charge in [-0.1, -0.05) is 13.3 Å². The zero-order valence-corrected chi connectivity index (χ0v) is 12.5. The molecule has 0 fully saturated rings. The molecule has 0 aromatic heterocycles. The van der Waals surface area contributed by atoms with Crippen LogP contribution in [0.3, 0.4) is 0 Å². The van der Waals surface area contributed by atoms with E-state index < -0.39 is 0 Å².